The van der Waals surface area contributed by atoms with Gasteiger partial charge < -0.3 is 14.7 Å². The second-order valence-corrected chi connectivity index (χ2v) is 32.8. The van der Waals surface area contributed by atoms with Crippen LogP contribution in [0, 0.1) is 0 Å². The topological polar surface area (TPSA) is 76.1 Å². The van der Waals surface area contributed by atoms with E-state index in [1.54, 1.807) is 0 Å². The van der Waals surface area contributed by atoms with Crippen LogP contribution in [-0.4, -0.2) is 33.6 Å². The Hall–Kier alpha value is -16.3. The third-order valence-electron chi connectivity index (χ3n) is 25.8. The number of imidazole rings is 3. The highest BCUT2D eigenvalue weighted by Gasteiger charge is 2.34. The summed E-state index contributed by atoms with van der Waals surface area (Å²) in [6, 6.07) is 144. The molecule has 596 valence electrons. The van der Waals surface area contributed by atoms with Crippen molar-refractivity contribution in [3.63, 3.8) is 0 Å². The Bertz CT molecular complexity index is 7950. The van der Waals surface area contributed by atoms with Gasteiger partial charge in [0, 0.05) is 53.3 Å². The number of aromatic nitrogens is 7. The maximum Gasteiger partial charge on any atom is 0.114 e. The van der Waals surface area contributed by atoms with Crippen LogP contribution < -0.4 is 14.7 Å². The van der Waals surface area contributed by atoms with E-state index in [0.717, 1.165) is 138 Å². The van der Waals surface area contributed by atoms with E-state index < -0.39 is 0 Å². The van der Waals surface area contributed by atoms with Gasteiger partial charge in [-0.15, -0.1) is 0 Å². The first-order valence-corrected chi connectivity index (χ1v) is 43.7. The molecule has 26 rings (SSSR count). The minimum absolute atomic E-state index is 0.863. The van der Waals surface area contributed by atoms with Gasteiger partial charge in [-0.1, -0.05) is 288 Å². The summed E-state index contributed by atoms with van der Waals surface area (Å²) in [5, 5.41) is 13.8. The van der Waals surface area contributed by atoms with Crippen molar-refractivity contribution < 1.29 is 0 Å². The molecule has 0 aliphatic carbocycles. The number of aryl methyl sites for hydroxylation is 3. The summed E-state index contributed by atoms with van der Waals surface area (Å²) in [4.78, 5) is 27.0. The predicted molar refractivity (Wildman–Crippen MR) is 526 cm³/mol. The molecule has 0 amide bonds. The molecule has 0 saturated carbocycles. The molecule has 0 unspecified atom stereocenters. The molecule has 4 aromatic heterocycles. The normalized spacial score (nSPS) is 12.3. The molecule has 0 bridgehead atoms. The Morgan fingerprint density at radius 2 is 0.508 bits per heavy atom. The van der Waals surface area contributed by atoms with Gasteiger partial charge in [-0.05, 0) is 238 Å². The van der Waals surface area contributed by atoms with Crippen LogP contribution in [-0.2, 0) is 19.3 Å². The largest absolute Gasteiger partial charge is 0.306 e. The minimum atomic E-state index is 0.863. The van der Waals surface area contributed by atoms with Gasteiger partial charge in [0.15, 0.2) is 0 Å². The zero-order valence-corrected chi connectivity index (χ0v) is 69.8. The fourth-order valence-corrected chi connectivity index (χ4v) is 20.1. The van der Waals surface area contributed by atoms with E-state index >= 15 is 0 Å². The van der Waals surface area contributed by atoms with E-state index in [1.165, 1.54) is 121 Å². The van der Waals surface area contributed by atoms with Crippen LogP contribution >= 0.6 is 0 Å². The SMILES string of the molecule is CCc1nc2cccc3c2n1-c1ccc(-c2cc4ccccc4c4ncccc24)cc1N3c1ccccc1.CCc1nc2cccc3c2n1-c1ccc(-c2ccc(-c4cc5ccccc5c5ccccc45)cc2)cc1N3c1ccccc1.CCc1nc2cccc3c2n1-c1ccc(-c2ccc(-c4cc5ccccc5c5ccccc45)cc2)cc1N3c1ccccc1. The van der Waals surface area contributed by atoms with Gasteiger partial charge in [0.25, 0.3) is 0 Å². The molecule has 0 saturated heterocycles. The van der Waals surface area contributed by atoms with Crippen LogP contribution in [0.4, 0.5) is 51.2 Å². The second kappa shape index (κ2) is 30.1. The van der Waals surface area contributed by atoms with Gasteiger partial charge in [0.05, 0.1) is 89.8 Å². The van der Waals surface area contributed by atoms with Crippen molar-refractivity contribution in [3.8, 4) is 72.7 Å². The Kier molecular flexibility index (Phi) is 17.6. The lowest BCUT2D eigenvalue weighted by Crippen LogP contribution is -2.19. The van der Waals surface area contributed by atoms with Crippen LogP contribution in [0.2, 0.25) is 0 Å². The number of benzene rings is 19. The Balaban J connectivity index is 0.000000106. The molecule has 10 nitrogen and oxygen atoms in total. The van der Waals surface area contributed by atoms with Crippen molar-refractivity contribution in [1.29, 1.82) is 0 Å². The summed E-state index contributed by atoms with van der Waals surface area (Å²) in [6.07, 6.45) is 4.48. The number of para-hydroxylation sites is 6. The maximum atomic E-state index is 5.03. The number of rotatable bonds is 11. The smallest absolute Gasteiger partial charge is 0.114 e. The molecular formula is C116H82N10. The fraction of sp³-hybridized carbons (Fsp3) is 0.0517. The first-order valence-electron chi connectivity index (χ1n) is 43.7. The van der Waals surface area contributed by atoms with Crippen LogP contribution in [0.15, 0.2) is 407 Å². The average Bonchev–Trinajstić information content (AvgIpc) is 1.05. The van der Waals surface area contributed by atoms with Crippen LogP contribution in [0.1, 0.15) is 38.2 Å². The zero-order valence-electron chi connectivity index (χ0n) is 69.8. The molecule has 126 heavy (non-hydrogen) atoms. The second-order valence-electron chi connectivity index (χ2n) is 32.8. The number of pyridine rings is 1. The van der Waals surface area contributed by atoms with Crippen molar-refractivity contribution in [2.45, 2.75) is 40.0 Å². The van der Waals surface area contributed by atoms with Gasteiger partial charge in [0.1, 0.15) is 17.5 Å². The molecule has 23 aromatic rings. The molecule has 0 spiro atoms. The van der Waals surface area contributed by atoms with Gasteiger partial charge in [0.2, 0.25) is 0 Å². The summed E-state index contributed by atoms with van der Waals surface area (Å²) in [6.45, 7) is 6.54. The van der Waals surface area contributed by atoms with Gasteiger partial charge in [-0.2, -0.15) is 0 Å². The zero-order chi connectivity index (χ0) is 83.6. The lowest BCUT2D eigenvalue weighted by Gasteiger charge is -2.33. The molecule has 3 aliphatic rings. The highest BCUT2D eigenvalue weighted by atomic mass is 15.3. The molecule has 3 aliphatic heterocycles. The molecule has 7 heterocycles. The Morgan fingerprint density at radius 1 is 0.206 bits per heavy atom. The average molecular weight is 1620 g/mol. The highest BCUT2D eigenvalue weighted by Crippen LogP contribution is 2.54. The lowest BCUT2D eigenvalue weighted by atomic mass is 9.92. The van der Waals surface area contributed by atoms with E-state index in [1.807, 2.05) is 12.3 Å². The molecular weight excluding hydrogens is 1530 g/mol. The van der Waals surface area contributed by atoms with Crippen LogP contribution in [0.5, 0.6) is 0 Å². The summed E-state index contributed by atoms with van der Waals surface area (Å²) in [5.41, 5.74) is 33.5. The Morgan fingerprint density at radius 3 is 0.897 bits per heavy atom. The van der Waals surface area contributed by atoms with E-state index in [0.29, 0.717) is 0 Å². The summed E-state index contributed by atoms with van der Waals surface area (Å²) >= 11 is 0. The van der Waals surface area contributed by atoms with Crippen LogP contribution in [0.3, 0.4) is 0 Å². The van der Waals surface area contributed by atoms with Gasteiger partial charge in [-0.25, -0.2) is 15.0 Å². The number of hydrogen-bond acceptors (Lipinski definition) is 7. The monoisotopic (exact) mass is 1610 g/mol. The van der Waals surface area contributed by atoms with Crippen LogP contribution in [0.25, 0.3) is 171 Å². The number of nitrogens with zero attached hydrogens (tertiary/aromatic N) is 10. The molecule has 19 aromatic carbocycles. The van der Waals surface area contributed by atoms with Gasteiger partial charge in [-0.3, -0.25) is 18.7 Å². The van der Waals surface area contributed by atoms with Crippen molar-refractivity contribution >= 4 is 149 Å². The number of anilines is 9. The van der Waals surface area contributed by atoms with Crippen molar-refractivity contribution in [2.75, 3.05) is 14.7 Å². The summed E-state index contributed by atoms with van der Waals surface area (Å²) in [5.74, 6) is 3.25. The van der Waals surface area contributed by atoms with E-state index in [9.17, 15) is 0 Å². The third-order valence-corrected chi connectivity index (χ3v) is 25.8. The maximum absolute atomic E-state index is 5.03. The first-order chi connectivity index (χ1) is 62.4. The van der Waals surface area contributed by atoms with E-state index in [-0.39, 0.29) is 0 Å². The molecule has 0 radical (unpaired) electrons. The lowest BCUT2D eigenvalue weighted by molar-refractivity contribution is 0.900. The number of hydrogen-bond donors (Lipinski definition) is 0. The van der Waals surface area contributed by atoms with Gasteiger partial charge >= 0.3 is 0 Å². The van der Waals surface area contributed by atoms with Crippen molar-refractivity contribution in [1.82, 2.24) is 33.6 Å². The number of fused-ring (bicyclic) bond motifs is 15. The molecule has 0 N–H and O–H groups in total. The van der Waals surface area contributed by atoms with Crippen molar-refractivity contribution in [2.24, 2.45) is 0 Å². The van der Waals surface area contributed by atoms with E-state index in [2.05, 4.69) is 443 Å². The molecule has 10 heteroatoms. The summed E-state index contributed by atoms with van der Waals surface area (Å²) < 4.78 is 7.07. The molecule has 0 atom stereocenters. The highest BCUT2D eigenvalue weighted by molar-refractivity contribution is 6.17. The predicted octanol–water partition coefficient (Wildman–Crippen LogP) is 30.8. The fourth-order valence-electron chi connectivity index (χ4n) is 20.1. The Labute approximate surface area is 729 Å². The summed E-state index contributed by atoms with van der Waals surface area (Å²) in [7, 11) is 0. The van der Waals surface area contributed by atoms with Crippen molar-refractivity contribution in [3.05, 3.63) is 424 Å². The minimum Gasteiger partial charge on any atom is -0.306 e. The first kappa shape index (κ1) is 73.6. The standard InChI is InChI=1S/2C41H29N3.C34H24N4/c2*1-2-40-42-36-17-10-18-38-41(36)44(40)37-24-23-29(26-39(37)43(38)31-12-4-3-5-13-31)27-19-21-28(22-20-27)35-25-30-11-6-7-14-32(30)33-15-8-9-16-34(33)35;1-2-32-36-28-15-8-16-30-34(28)38(32)29-18-17-23(21-31(29)37(30)24-11-4-3-5-12-24)27-20-22-10-6-7-13-25(22)33-26(27)14-9-19-35-33/h2*3-26H,2H2,1H3;3-21H,2H2,1H3. The quantitative estimate of drug-likeness (QED) is 0.119. The molecule has 0 fully saturated rings. The third kappa shape index (κ3) is 11.9. The van der Waals surface area contributed by atoms with E-state index in [4.69, 9.17) is 19.9 Å².